The van der Waals surface area contributed by atoms with E-state index in [9.17, 15) is 102 Å². The lowest BCUT2D eigenvalue weighted by atomic mass is 9.33. The second-order valence-electron chi connectivity index (χ2n) is 42.8. The first-order valence-electron chi connectivity index (χ1n) is 48.7. The number of para-hydroxylation sites is 1. The largest absolute Gasteiger partial charge is 0.872 e. The molecule has 34 heteroatoms. The topological polar surface area (TPSA) is 523 Å². The number of allylic oxidation sites excluding steroid dienone is 2. The summed E-state index contributed by atoms with van der Waals surface area (Å²) in [5.74, 6) is -4.71. The first-order valence-corrected chi connectivity index (χ1v) is 48.7. The van der Waals surface area contributed by atoms with Crippen LogP contribution < -0.4 is 14.6 Å². The molecule has 4 saturated carbocycles. The van der Waals surface area contributed by atoms with Crippen LogP contribution in [0.15, 0.2) is 139 Å². The maximum atomic E-state index is 15.4. The van der Waals surface area contributed by atoms with Crippen LogP contribution in [0.3, 0.4) is 0 Å². The zero-order chi connectivity index (χ0) is 102. The Bertz CT molecular complexity index is 5850. The third-order valence-electron chi connectivity index (χ3n) is 33.4. The standard InChI is InChI=1S/C58H94O25.C26H28N3.C23H16O6/c1-23-44(80-47-40(69)34(63)27(60)21-74-47)38(67)42(71)48(76-23)79-33-13-14-55(7)30(54(33,5)6)12-15-56(8)31(55)11-10-25-26-18-53(3,4)16-17-58(26,32(62)19-57(25,56)9)52(73)83-51-46(35(64)28(61)22-75-51)82-49-43(72)39(68)45(24(2)77-49)81-50-41(70)37(66)36(65)29(20-59)78-50;1-19-17-21(20(2)29(19)24-9-7-6-8-10-24)11-13-23-14-12-22-18-25(27(3)4)15-16-26(22)28(23)5;24-20-16(14-7-3-1-5-12(14)9-18(20)22(26)27)11-17-15-8-4-2-6-13(15)10-19(21(17)25)23(28)29/h10,23-24,26-51,59-72H,11-22H2,1-9H3;6-18H,1-5H3;1-10,24-25H,11H2,(H,26,27)(H,28,29)/q;+1;/p-1. The number of benzene rings is 6. The van der Waals surface area contributed by atoms with Gasteiger partial charge in [0.2, 0.25) is 17.5 Å². The van der Waals surface area contributed by atoms with Crippen molar-refractivity contribution in [2.75, 3.05) is 38.8 Å². The molecule has 32 unspecified atom stereocenters. The molecule has 6 aromatic carbocycles. The number of aryl methyl sites for hydroxylation is 2. The number of carboxylic acids is 2. The third-order valence-corrected chi connectivity index (χ3v) is 33.4. The van der Waals surface area contributed by atoms with Crippen LogP contribution in [-0.4, -0.2) is 297 Å². The molecule has 34 nitrogen and oxygen atoms in total. The van der Waals surface area contributed by atoms with Crippen molar-refractivity contribution in [3.05, 3.63) is 184 Å². The highest BCUT2D eigenvalue weighted by molar-refractivity contribution is 6.02. The van der Waals surface area contributed by atoms with Crippen molar-refractivity contribution < 1.29 is 158 Å². The molecule has 7 heterocycles. The van der Waals surface area contributed by atoms with Crippen molar-refractivity contribution in [1.29, 1.82) is 0 Å². The molecule has 18 rings (SSSR count). The van der Waals surface area contributed by atoms with E-state index in [1.165, 1.54) is 64.0 Å². The van der Waals surface area contributed by atoms with Crippen LogP contribution in [0.5, 0.6) is 11.5 Å². The fraction of sp³-hybridized carbons (Fsp3) is 0.570. The van der Waals surface area contributed by atoms with Gasteiger partial charge in [0.1, 0.15) is 115 Å². The summed E-state index contributed by atoms with van der Waals surface area (Å²) in [7, 11) is 6.28. The van der Waals surface area contributed by atoms with E-state index in [1.807, 2.05) is 0 Å². The van der Waals surface area contributed by atoms with Gasteiger partial charge in [-0.05, 0) is 218 Å². The van der Waals surface area contributed by atoms with Crippen molar-refractivity contribution in [2.24, 2.45) is 57.3 Å². The Morgan fingerprint density at radius 2 is 1.13 bits per heavy atom. The van der Waals surface area contributed by atoms with Crippen molar-refractivity contribution in [2.45, 2.75) is 294 Å². The van der Waals surface area contributed by atoms with E-state index in [0.29, 0.717) is 47.2 Å². The van der Waals surface area contributed by atoms with Gasteiger partial charge >= 0.3 is 17.9 Å². The number of carbonyl (C=O) groups excluding carboxylic acids is 1. The Kier molecular flexibility index (Phi) is 30.2. The van der Waals surface area contributed by atoms with Crippen LogP contribution in [0, 0.1) is 64.1 Å². The number of pyridine rings is 1. The summed E-state index contributed by atoms with van der Waals surface area (Å²) in [5.41, 5.74) is 6.12. The number of anilines is 1. The molecule has 141 heavy (non-hydrogen) atoms. The number of hydrogen-bond donors (Lipinski definition) is 17. The number of aromatic hydroxyl groups is 1. The lowest BCUT2D eigenvalue weighted by Gasteiger charge is -2.71. The maximum absolute atomic E-state index is 15.4. The second kappa shape index (κ2) is 40.7. The molecule has 8 aromatic rings. The van der Waals surface area contributed by atoms with Crippen LogP contribution in [0.4, 0.5) is 5.69 Å². The molecule has 5 saturated heterocycles. The second-order valence-corrected chi connectivity index (χ2v) is 42.8. The Hall–Kier alpha value is -9.10. The highest BCUT2D eigenvalue weighted by Gasteiger charge is 2.73. The van der Waals surface area contributed by atoms with Crippen molar-refractivity contribution in [3.63, 3.8) is 0 Å². The van der Waals surface area contributed by atoms with Crippen LogP contribution in [0.25, 0.3) is 50.3 Å². The molecular weight excluding hydrogens is 1820 g/mol. The molecule has 0 amide bonds. The number of aliphatic hydroxyl groups excluding tert-OH is 14. The lowest BCUT2D eigenvalue weighted by Crippen LogP contribution is -2.68. The molecule has 17 N–H and O–H groups in total. The summed E-state index contributed by atoms with van der Waals surface area (Å²) in [6, 6.07) is 40.3. The number of esters is 1. The first kappa shape index (κ1) is 105. The highest BCUT2D eigenvalue weighted by atomic mass is 16.8. The van der Waals surface area contributed by atoms with Gasteiger partial charge in [-0.15, -0.1) is 0 Å². The lowest BCUT2D eigenvalue weighted by molar-refractivity contribution is -0.646. The normalized spacial score (nSPS) is 37.1. The molecule has 2 aromatic heterocycles. The summed E-state index contributed by atoms with van der Waals surface area (Å²) in [5, 5.41) is 199. The average molecular weight is 1960 g/mol. The smallest absolute Gasteiger partial charge is 0.339 e. The monoisotopic (exact) mass is 1960 g/mol. The number of phenols is 1. The van der Waals surface area contributed by atoms with Crippen molar-refractivity contribution >= 4 is 68.2 Å². The van der Waals surface area contributed by atoms with Gasteiger partial charge in [0.15, 0.2) is 31.3 Å². The van der Waals surface area contributed by atoms with Gasteiger partial charge in [0.05, 0.1) is 49.8 Å². The first-order chi connectivity index (χ1) is 66.6. The number of ether oxygens (including phenoxy) is 10. The minimum absolute atomic E-state index is 0.103. The highest BCUT2D eigenvalue weighted by Crippen LogP contribution is 2.76. The minimum atomic E-state index is -1.93. The van der Waals surface area contributed by atoms with E-state index < -0.39 is 218 Å². The summed E-state index contributed by atoms with van der Waals surface area (Å²) in [6.07, 6.45) is -24.9. The molecule has 0 radical (unpaired) electrons. The SMILES string of the molecule is CC1OC(OC2CCC3(C)C(CCC4(C)C3CC=C3C5CC(C)(C)CCC5(C(=O)OC5OCC(O)C(O)C5OC5OC(C)C(OC6OC(CO)C(O)C(O)C6O)C(O)C5O)C(O)CC34C)C2(C)C)C(O)C(O)C1OC1OCC(O)C(O)C1O.Cc1cc(C=Cc2ccc3cc(N(C)C)ccc3[n+]2C)c(C)n1-c1ccccc1.O=C(O)c1cc2ccccc2c(Cc2c(O)c(C(=O)O)cc3ccccc23)c1[O-]. The summed E-state index contributed by atoms with van der Waals surface area (Å²) in [6.45, 7) is 21.5. The van der Waals surface area contributed by atoms with Gasteiger partial charge < -0.3 is 149 Å². The van der Waals surface area contributed by atoms with Gasteiger partial charge in [-0.25, -0.2) is 9.59 Å². The number of aromatic nitrogens is 2. The van der Waals surface area contributed by atoms with Gasteiger partial charge in [-0.3, -0.25) is 4.79 Å². The van der Waals surface area contributed by atoms with E-state index in [-0.39, 0.29) is 76.2 Å². The van der Waals surface area contributed by atoms with Crippen molar-refractivity contribution in [1.82, 2.24) is 4.57 Å². The van der Waals surface area contributed by atoms with Crippen LogP contribution >= 0.6 is 0 Å². The van der Waals surface area contributed by atoms with Gasteiger partial charge in [-0.2, -0.15) is 4.57 Å². The Morgan fingerprint density at radius 1 is 0.560 bits per heavy atom. The van der Waals surface area contributed by atoms with E-state index in [2.05, 4.69) is 182 Å². The number of hydrogen-bond acceptors (Lipinski definition) is 30. The minimum Gasteiger partial charge on any atom is -0.872 e. The third kappa shape index (κ3) is 19.2. The number of fused-ring (bicyclic) bond motifs is 10. The van der Waals surface area contributed by atoms with E-state index >= 15 is 4.79 Å². The van der Waals surface area contributed by atoms with Gasteiger partial charge in [0, 0.05) is 72.4 Å². The van der Waals surface area contributed by atoms with Gasteiger partial charge in [-0.1, -0.05) is 133 Å². The number of carboxylic acid groups (broad SMARTS) is 2. The maximum Gasteiger partial charge on any atom is 0.339 e. The fourth-order valence-corrected chi connectivity index (χ4v) is 25.1. The summed E-state index contributed by atoms with van der Waals surface area (Å²) >= 11 is 0. The summed E-state index contributed by atoms with van der Waals surface area (Å²) in [4.78, 5) is 40.7. The fourth-order valence-electron chi connectivity index (χ4n) is 25.1. The Morgan fingerprint density at radius 3 is 1.76 bits per heavy atom. The van der Waals surface area contributed by atoms with E-state index in [4.69, 9.17) is 47.4 Å². The number of aliphatic hydroxyl groups is 14. The van der Waals surface area contributed by atoms with E-state index in [0.717, 1.165) is 24.8 Å². The summed E-state index contributed by atoms with van der Waals surface area (Å²) < 4.78 is 64.2. The molecule has 10 aliphatic rings. The van der Waals surface area contributed by atoms with Crippen LogP contribution in [0.1, 0.15) is 175 Å². The quantitative estimate of drug-likeness (QED) is 0.0165. The number of rotatable bonds is 19. The molecular formula is C107H137N3O31. The molecule has 0 spiro atoms. The van der Waals surface area contributed by atoms with Gasteiger partial charge in [0.25, 0.3) is 0 Å². The number of carbonyl (C=O) groups is 3. The molecule has 32 atom stereocenters. The number of aromatic carboxylic acids is 2. The predicted octanol–water partition coefficient (Wildman–Crippen LogP) is 7.16. The molecule has 5 aliphatic carbocycles. The number of nitrogens with zero attached hydrogens (tertiary/aromatic N) is 3. The predicted molar refractivity (Wildman–Crippen MR) is 511 cm³/mol. The van der Waals surface area contributed by atoms with Crippen molar-refractivity contribution in [3.8, 4) is 17.2 Å². The Balaban J connectivity index is 0.000000198. The van der Waals surface area contributed by atoms with E-state index in [1.54, 1.807) is 55.5 Å². The zero-order valence-electron chi connectivity index (χ0n) is 81.9. The van der Waals surface area contributed by atoms with Crippen LogP contribution in [-0.2, 0) is 65.6 Å². The Labute approximate surface area is 818 Å². The average Bonchev–Trinajstić information content (AvgIpc) is 0.671. The molecule has 766 valence electrons. The molecule has 9 fully saturated rings. The zero-order valence-corrected chi connectivity index (χ0v) is 81.9. The van der Waals surface area contributed by atoms with Crippen LogP contribution in [0.2, 0.25) is 0 Å². The molecule has 5 aliphatic heterocycles. The molecule has 0 bridgehead atoms.